The quantitative estimate of drug-likeness (QED) is 0.737. The molecule has 0 aliphatic carbocycles. The van der Waals surface area contributed by atoms with E-state index in [1.807, 2.05) is 36.5 Å². The highest BCUT2D eigenvalue weighted by molar-refractivity contribution is 5.58. The van der Waals surface area contributed by atoms with Gasteiger partial charge in [0.1, 0.15) is 0 Å². The third-order valence-corrected chi connectivity index (χ3v) is 2.22. The summed E-state index contributed by atoms with van der Waals surface area (Å²) < 4.78 is 0. The Hall–Kier alpha value is -1.15. The SMILES string of the molecule is CC(C)CC=N[C@H](CO)c1ccccc1. The summed E-state index contributed by atoms with van der Waals surface area (Å²) in [6.45, 7) is 4.38. The van der Waals surface area contributed by atoms with Gasteiger partial charge in [0.15, 0.2) is 0 Å². The molecule has 0 amide bonds. The van der Waals surface area contributed by atoms with Crippen molar-refractivity contribution < 1.29 is 5.11 Å². The largest absolute Gasteiger partial charge is 0.394 e. The number of benzene rings is 1. The molecule has 1 rings (SSSR count). The molecule has 0 radical (unpaired) electrons. The maximum Gasteiger partial charge on any atom is 0.0975 e. The van der Waals surface area contributed by atoms with Crippen molar-refractivity contribution in [2.45, 2.75) is 26.3 Å². The van der Waals surface area contributed by atoms with E-state index in [-0.39, 0.29) is 12.6 Å². The zero-order chi connectivity index (χ0) is 11.1. The summed E-state index contributed by atoms with van der Waals surface area (Å²) in [7, 11) is 0. The van der Waals surface area contributed by atoms with Crippen LogP contribution in [0.3, 0.4) is 0 Å². The van der Waals surface area contributed by atoms with Crippen LogP contribution in [0.5, 0.6) is 0 Å². The van der Waals surface area contributed by atoms with Crippen molar-refractivity contribution in [2.75, 3.05) is 6.61 Å². The Balaban J connectivity index is 2.61. The number of aliphatic hydroxyl groups excluding tert-OH is 1. The molecule has 0 saturated carbocycles. The molecule has 2 heteroatoms. The Bertz CT molecular complexity index is 293. The van der Waals surface area contributed by atoms with E-state index in [1.165, 1.54) is 0 Å². The lowest BCUT2D eigenvalue weighted by Crippen LogP contribution is -2.01. The van der Waals surface area contributed by atoms with E-state index in [0.29, 0.717) is 5.92 Å². The summed E-state index contributed by atoms with van der Waals surface area (Å²) in [6, 6.07) is 9.79. The van der Waals surface area contributed by atoms with Crippen molar-refractivity contribution >= 4 is 6.21 Å². The average molecular weight is 205 g/mol. The van der Waals surface area contributed by atoms with Crippen LogP contribution in [0.1, 0.15) is 31.9 Å². The highest BCUT2D eigenvalue weighted by Crippen LogP contribution is 2.15. The van der Waals surface area contributed by atoms with Gasteiger partial charge in [0.25, 0.3) is 0 Å². The minimum atomic E-state index is -0.107. The molecule has 0 unspecified atom stereocenters. The van der Waals surface area contributed by atoms with Crippen LogP contribution in [0, 0.1) is 5.92 Å². The van der Waals surface area contributed by atoms with Crippen LogP contribution in [0.4, 0.5) is 0 Å². The van der Waals surface area contributed by atoms with Crippen LogP contribution in [-0.2, 0) is 0 Å². The first-order valence-electron chi connectivity index (χ1n) is 5.41. The fourth-order valence-electron chi connectivity index (χ4n) is 1.31. The van der Waals surface area contributed by atoms with E-state index in [4.69, 9.17) is 0 Å². The Morgan fingerprint density at radius 1 is 1.27 bits per heavy atom. The Morgan fingerprint density at radius 2 is 1.93 bits per heavy atom. The molecule has 1 aromatic carbocycles. The van der Waals surface area contributed by atoms with E-state index in [9.17, 15) is 5.11 Å². The standard InChI is InChI=1S/C13H19NO/c1-11(2)8-9-14-13(10-15)12-6-4-3-5-7-12/h3-7,9,11,13,15H,8,10H2,1-2H3/t13-/m1/s1. The number of rotatable bonds is 5. The molecule has 0 aliphatic heterocycles. The van der Waals surface area contributed by atoms with E-state index < -0.39 is 0 Å². The number of aliphatic imine (C=N–C) groups is 1. The second kappa shape index (κ2) is 6.36. The molecule has 1 N–H and O–H groups in total. The van der Waals surface area contributed by atoms with E-state index in [0.717, 1.165) is 12.0 Å². The first kappa shape index (κ1) is 11.9. The minimum Gasteiger partial charge on any atom is -0.394 e. The van der Waals surface area contributed by atoms with E-state index >= 15 is 0 Å². The second-order valence-electron chi connectivity index (χ2n) is 4.07. The monoisotopic (exact) mass is 205 g/mol. The van der Waals surface area contributed by atoms with Crippen LogP contribution in [0.2, 0.25) is 0 Å². The maximum absolute atomic E-state index is 9.23. The summed E-state index contributed by atoms with van der Waals surface area (Å²) in [4.78, 5) is 4.38. The summed E-state index contributed by atoms with van der Waals surface area (Å²) in [5.74, 6) is 0.615. The van der Waals surface area contributed by atoms with Crippen molar-refractivity contribution in [1.29, 1.82) is 0 Å². The third kappa shape index (κ3) is 4.26. The zero-order valence-corrected chi connectivity index (χ0v) is 9.43. The molecule has 0 aliphatic rings. The predicted octanol–water partition coefficient (Wildman–Crippen LogP) is 2.84. The molecule has 0 aromatic heterocycles. The smallest absolute Gasteiger partial charge is 0.0975 e. The molecule has 15 heavy (non-hydrogen) atoms. The van der Waals surface area contributed by atoms with Crippen molar-refractivity contribution in [3.05, 3.63) is 35.9 Å². The third-order valence-electron chi connectivity index (χ3n) is 2.22. The Labute approximate surface area is 91.7 Å². The average Bonchev–Trinajstić information content (AvgIpc) is 2.25. The molecule has 0 heterocycles. The van der Waals surface area contributed by atoms with Gasteiger partial charge in [-0.05, 0) is 24.1 Å². The molecule has 0 spiro atoms. The van der Waals surface area contributed by atoms with Crippen LogP contribution in [0.15, 0.2) is 35.3 Å². The minimum absolute atomic E-state index is 0.0681. The molecule has 1 aromatic rings. The lowest BCUT2D eigenvalue weighted by Gasteiger charge is -2.09. The topological polar surface area (TPSA) is 32.6 Å². The van der Waals surface area contributed by atoms with Crippen molar-refractivity contribution in [3.8, 4) is 0 Å². The summed E-state index contributed by atoms with van der Waals surface area (Å²) >= 11 is 0. The van der Waals surface area contributed by atoms with E-state index in [1.54, 1.807) is 0 Å². The normalized spacial score (nSPS) is 13.6. The van der Waals surface area contributed by atoms with Crippen LogP contribution in [0.25, 0.3) is 0 Å². The summed E-state index contributed by atoms with van der Waals surface area (Å²) in [5, 5.41) is 9.23. The molecular formula is C13H19NO. The zero-order valence-electron chi connectivity index (χ0n) is 9.43. The van der Waals surface area contributed by atoms with Gasteiger partial charge in [-0.25, -0.2) is 0 Å². The molecule has 0 bridgehead atoms. The van der Waals surface area contributed by atoms with Crippen LogP contribution >= 0.6 is 0 Å². The van der Waals surface area contributed by atoms with E-state index in [2.05, 4.69) is 18.8 Å². The molecule has 2 nitrogen and oxygen atoms in total. The van der Waals surface area contributed by atoms with Gasteiger partial charge in [0, 0.05) is 0 Å². The highest BCUT2D eigenvalue weighted by Gasteiger charge is 2.06. The molecule has 82 valence electrons. The van der Waals surface area contributed by atoms with Crippen LogP contribution in [-0.4, -0.2) is 17.9 Å². The van der Waals surface area contributed by atoms with Gasteiger partial charge in [0.2, 0.25) is 0 Å². The van der Waals surface area contributed by atoms with Crippen molar-refractivity contribution in [1.82, 2.24) is 0 Å². The number of aliphatic hydroxyl groups is 1. The Morgan fingerprint density at radius 3 is 2.47 bits per heavy atom. The summed E-state index contributed by atoms with van der Waals surface area (Å²) in [5.41, 5.74) is 1.07. The fourth-order valence-corrected chi connectivity index (χ4v) is 1.31. The fraction of sp³-hybridized carbons (Fsp3) is 0.462. The second-order valence-corrected chi connectivity index (χ2v) is 4.07. The van der Waals surface area contributed by atoms with Crippen molar-refractivity contribution in [3.63, 3.8) is 0 Å². The molecule has 0 saturated heterocycles. The van der Waals surface area contributed by atoms with Crippen LogP contribution < -0.4 is 0 Å². The van der Waals surface area contributed by atoms with Crippen molar-refractivity contribution in [2.24, 2.45) is 10.9 Å². The highest BCUT2D eigenvalue weighted by atomic mass is 16.3. The lowest BCUT2D eigenvalue weighted by atomic mass is 10.1. The van der Waals surface area contributed by atoms with Gasteiger partial charge >= 0.3 is 0 Å². The van der Waals surface area contributed by atoms with Gasteiger partial charge in [-0.1, -0.05) is 44.2 Å². The number of hydrogen-bond donors (Lipinski definition) is 1. The van der Waals surface area contributed by atoms with Gasteiger partial charge in [0.05, 0.1) is 12.6 Å². The summed E-state index contributed by atoms with van der Waals surface area (Å²) in [6.07, 6.45) is 2.88. The number of hydrogen-bond acceptors (Lipinski definition) is 2. The molecular weight excluding hydrogens is 186 g/mol. The predicted molar refractivity (Wildman–Crippen MR) is 64.2 cm³/mol. The molecule has 1 atom stereocenters. The first-order chi connectivity index (χ1) is 7.24. The van der Waals surface area contributed by atoms with Gasteiger partial charge in [-0.15, -0.1) is 0 Å². The first-order valence-corrected chi connectivity index (χ1v) is 5.41. The van der Waals surface area contributed by atoms with Gasteiger partial charge in [-0.2, -0.15) is 0 Å². The Kier molecular flexibility index (Phi) is 5.05. The maximum atomic E-state index is 9.23. The van der Waals surface area contributed by atoms with Gasteiger partial charge < -0.3 is 5.11 Å². The number of nitrogens with zero attached hydrogens (tertiary/aromatic N) is 1. The van der Waals surface area contributed by atoms with Gasteiger partial charge in [-0.3, -0.25) is 4.99 Å². The lowest BCUT2D eigenvalue weighted by molar-refractivity contribution is 0.269. The molecule has 0 fully saturated rings.